The molecular weight excluding hydrogens is 267 g/mol. The molecule has 2 N–H and O–H groups in total. The summed E-state index contributed by atoms with van der Waals surface area (Å²) in [4.78, 5) is 0. The first-order valence-corrected chi connectivity index (χ1v) is 5.78. The average molecular weight is 279 g/mol. The van der Waals surface area contributed by atoms with Crippen LogP contribution in [-0.2, 0) is 4.74 Å². The Labute approximate surface area is 110 Å². The number of thiocarbonyl (C=S) groups is 1. The maximum absolute atomic E-state index is 5.98. The Morgan fingerprint density at radius 3 is 2.81 bits per heavy atom. The SMILES string of the molecule is COCCNC(=S)Nc1ccc(Cl)cc1Cl. The maximum Gasteiger partial charge on any atom is 0.170 e. The van der Waals surface area contributed by atoms with Crippen molar-refractivity contribution in [3.8, 4) is 0 Å². The van der Waals surface area contributed by atoms with Crippen molar-refractivity contribution >= 4 is 46.2 Å². The minimum absolute atomic E-state index is 0.501. The van der Waals surface area contributed by atoms with Gasteiger partial charge in [0.1, 0.15) is 0 Å². The highest BCUT2D eigenvalue weighted by molar-refractivity contribution is 7.80. The van der Waals surface area contributed by atoms with Crippen LogP contribution in [0, 0.1) is 0 Å². The number of ether oxygens (including phenoxy) is 1. The van der Waals surface area contributed by atoms with E-state index >= 15 is 0 Å². The lowest BCUT2D eigenvalue weighted by atomic mass is 10.3. The first-order valence-electron chi connectivity index (χ1n) is 4.62. The highest BCUT2D eigenvalue weighted by Crippen LogP contribution is 2.25. The van der Waals surface area contributed by atoms with Gasteiger partial charge in [0, 0.05) is 18.7 Å². The van der Waals surface area contributed by atoms with Gasteiger partial charge in [-0.3, -0.25) is 0 Å². The van der Waals surface area contributed by atoms with Crippen LogP contribution in [0.1, 0.15) is 0 Å². The summed E-state index contributed by atoms with van der Waals surface area (Å²) >= 11 is 16.8. The number of nitrogens with one attached hydrogen (secondary N) is 2. The number of methoxy groups -OCH3 is 1. The van der Waals surface area contributed by atoms with Crippen molar-refractivity contribution in [3.05, 3.63) is 28.2 Å². The third-order valence-corrected chi connectivity index (χ3v) is 2.57. The van der Waals surface area contributed by atoms with E-state index in [9.17, 15) is 0 Å². The zero-order valence-electron chi connectivity index (χ0n) is 8.72. The van der Waals surface area contributed by atoms with E-state index in [0.717, 1.165) is 5.69 Å². The predicted molar refractivity (Wildman–Crippen MR) is 72.6 cm³/mol. The van der Waals surface area contributed by atoms with E-state index in [1.807, 2.05) is 0 Å². The maximum atomic E-state index is 5.98. The van der Waals surface area contributed by atoms with E-state index in [4.69, 9.17) is 40.2 Å². The van der Waals surface area contributed by atoms with E-state index in [-0.39, 0.29) is 0 Å². The fraction of sp³-hybridized carbons (Fsp3) is 0.300. The summed E-state index contributed by atoms with van der Waals surface area (Å²) < 4.78 is 4.89. The molecule has 0 aliphatic rings. The van der Waals surface area contributed by atoms with Crippen LogP contribution in [0.2, 0.25) is 10.0 Å². The topological polar surface area (TPSA) is 33.3 Å². The molecule has 0 unspecified atom stereocenters. The molecule has 0 saturated heterocycles. The number of benzene rings is 1. The van der Waals surface area contributed by atoms with Crippen molar-refractivity contribution in [1.29, 1.82) is 0 Å². The Balaban J connectivity index is 2.49. The molecule has 0 heterocycles. The van der Waals surface area contributed by atoms with Crippen molar-refractivity contribution in [2.24, 2.45) is 0 Å². The molecule has 0 bridgehead atoms. The third kappa shape index (κ3) is 4.53. The molecule has 16 heavy (non-hydrogen) atoms. The summed E-state index contributed by atoms with van der Waals surface area (Å²) in [5.74, 6) is 0. The van der Waals surface area contributed by atoms with Crippen molar-refractivity contribution < 1.29 is 4.74 Å². The molecule has 6 heteroatoms. The van der Waals surface area contributed by atoms with Crippen LogP contribution in [0.15, 0.2) is 18.2 Å². The van der Waals surface area contributed by atoms with E-state index in [0.29, 0.717) is 28.3 Å². The van der Waals surface area contributed by atoms with Gasteiger partial charge in [-0.05, 0) is 30.4 Å². The van der Waals surface area contributed by atoms with Gasteiger partial charge < -0.3 is 15.4 Å². The predicted octanol–water partition coefficient (Wildman–Crippen LogP) is 2.93. The van der Waals surface area contributed by atoms with Gasteiger partial charge in [-0.2, -0.15) is 0 Å². The summed E-state index contributed by atoms with van der Waals surface area (Å²) in [5, 5.41) is 7.57. The standard InChI is InChI=1S/C10H12Cl2N2OS/c1-15-5-4-13-10(16)14-9-3-2-7(11)6-8(9)12/h2-3,6H,4-5H2,1H3,(H2,13,14,16). The largest absolute Gasteiger partial charge is 0.383 e. The van der Waals surface area contributed by atoms with Crippen LogP contribution in [0.4, 0.5) is 5.69 Å². The number of halogens is 2. The van der Waals surface area contributed by atoms with Crippen LogP contribution in [-0.4, -0.2) is 25.4 Å². The van der Waals surface area contributed by atoms with E-state index in [1.165, 1.54) is 0 Å². The molecule has 0 atom stereocenters. The molecule has 0 fully saturated rings. The summed E-state index contributed by atoms with van der Waals surface area (Å²) in [5.41, 5.74) is 0.723. The highest BCUT2D eigenvalue weighted by atomic mass is 35.5. The molecule has 0 radical (unpaired) electrons. The number of anilines is 1. The fourth-order valence-electron chi connectivity index (χ4n) is 1.02. The second-order valence-corrected chi connectivity index (χ2v) is 4.25. The van der Waals surface area contributed by atoms with Crippen LogP contribution in [0.3, 0.4) is 0 Å². The Morgan fingerprint density at radius 1 is 1.44 bits per heavy atom. The summed E-state index contributed by atoms with van der Waals surface area (Å²) in [6.07, 6.45) is 0. The molecule has 0 aliphatic carbocycles. The smallest absolute Gasteiger partial charge is 0.170 e. The molecule has 0 amide bonds. The van der Waals surface area contributed by atoms with Crippen molar-refractivity contribution in [2.75, 3.05) is 25.6 Å². The molecule has 1 aromatic carbocycles. The molecule has 88 valence electrons. The zero-order chi connectivity index (χ0) is 12.0. The molecule has 3 nitrogen and oxygen atoms in total. The molecule has 1 rings (SSSR count). The van der Waals surface area contributed by atoms with Crippen molar-refractivity contribution in [1.82, 2.24) is 5.32 Å². The van der Waals surface area contributed by atoms with Crippen LogP contribution in [0.5, 0.6) is 0 Å². The molecule has 0 saturated carbocycles. The van der Waals surface area contributed by atoms with Gasteiger partial charge in [-0.15, -0.1) is 0 Å². The fourth-order valence-corrected chi connectivity index (χ4v) is 1.69. The second-order valence-electron chi connectivity index (χ2n) is 3.00. The molecule has 1 aromatic rings. The first kappa shape index (κ1) is 13.5. The summed E-state index contributed by atoms with van der Waals surface area (Å²) in [6, 6.07) is 5.17. The van der Waals surface area contributed by atoms with Gasteiger partial charge in [0.05, 0.1) is 17.3 Å². The molecular formula is C10H12Cl2N2OS. The Hall–Kier alpha value is -0.550. The second kappa shape index (κ2) is 6.91. The highest BCUT2D eigenvalue weighted by Gasteiger charge is 2.02. The van der Waals surface area contributed by atoms with Gasteiger partial charge >= 0.3 is 0 Å². The molecule has 0 spiro atoms. The minimum atomic E-state index is 0.501. The van der Waals surface area contributed by atoms with Crippen LogP contribution in [0.25, 0.3) is 0 Å². The van der Waals surface area contributed by atoms with Crippen molar-refractivity contribution in [3.63, 3.8) is 0 Å². The molecule has 0 aromatic heterocycles. The van der Waals surface area contributed by atoms with Crippen molar-refractivity contribution in [2.45, 2.75) is 0 Å². The quantitative estimate of drug-likeness (QED) is 0.656. The number of rotatable bonds is 4. The lowest BCUT2D eigenvalue weighted by molar-refractivity contribution is 0.204. The monoisotopic (exact) mass is 278 g/mol. The number of hydrogen-bond donors (Lipinski definition) is 2. The van der Waals surface area contributed by atoms with Gasteiger partial charge in [0.25, 0.3) is 0 Å². The van der Waals surface area contributed by atoms with Gasteiger partial charge in [-0.1, -0.05) is 23.2 Å². The number of hydrogen-bond acceptors (Lipinski definition) is 2. The van der Waals surface area contributed by atoms with Gasteiger partial charge in [0.2, 0.25) is 0 Å². The normalized spacial score (nSPS) is 9.94. The minimum Gasteiger partial charge on any atom is -0.383 e. The van der Waals surface area contributed by atoms with Gasteiger partial charge in [0.15, 0.2) is 5.11 Å². The third-order valence-electron chi connectivity index (χ3n) is 1.77. The summed E-state index contributed by atoms with van der Waals surface area (Å²) in [6.45, 7) is 1.24. The Morgan fingerprint density at radius 2 is 2.19 bits per heavy atom. The summed E-state index contributed by atoms with van der Waals surface area (Å²) in [7, 11) is 1.63. The lowest BCUT2D eigenvalue weighted by Crippen LogP contribution is -2.31. The van der Waals surface area contributed by atoms with Gasteiger partial charge in [-0.25, -0.2) is 0 Å². The van der Waals surface area contributed by atoms with Crippen LogP contribution < -0.4 is 10.6 Å². The van der Waals surface area contributed by atoms with E-state index in [1.54, 1.807) is 25.3 Å². The van der Waals surface area contributed by atoms with E-state index in [2.05, 4.69) is 10.6 Å². The average Bonchev–Trinajstić information content (AvgIpc) is 2.23. The Kier molecular flexibility index (Phi) is 5.84. The zero-order valence-corrected chi connectivity index (χ0v) is 11.0. The lowest BCUT2D eigenvalue weighted by Gasteiger charge is -2.11. The first-order chi connectivity index (χ1) is 7.63. The molecule has 0 aliphatic heterocycles. The van der Waals surface area contributed by atoms with Crippen LogP contribution >= 0.6 is 35.4 Å². The van der Waals surface area contributed by atoms with E-state index < -0.39 is 0 Å². The Bertz CT molecular complexity index is 374.